The number of nitrogens with one attached hydrogen (secondary N) is 2. The molecule has 9 nitrogen and oxygen atoms in total. The number of nitrogens with zero attached hydrogens (tertiary/aromatic N) is 3. The first kappa shape index (κ1) is 25.1. The number of alkyl halides is 3. The number of amides is 1. The van der Waals surface area contributed by atoms with E-state index in [1.54, 1.807) is 12.4 Å². The van der Waals surface area contributed by atoms with E-state index in [0.29, 0.717) is 12.4 Å². The van der Waals surface area contributed by atoms with Crippen LogP contribution in [-0.4, -0.2) is 56.7 Å². The Labute approximate surface area is 202 Å². The Hall–Kier alpha value is -4.03. The highest BCUT2D eigenvalue weighted by Crippen LogP contribution is 2.23. The summed E-state index contributed by atoms with van der Waals surface area (Å²) in [6, 6.07) is 13.5. The summed E-state index contributed by atoms with van der Waals surface area (Å²) in [7, 11) is 0. The van der Waals surface area contributed by atoms with Gasteiger partial charge in [0.25, 0.3) is 5.91 Å². The second kappa shape index (κ2) is 10.3. The molecular formula is C24H22F3N5O4. The van der Waals surface area contributed by atoms with Gasteiger partial charge in [0, 0.05) is 41.5 Å². The minimum absolute atomic E-state index is 0.248. The third kappa shape index (κ3) is 5.61. The van der Waals surface area contributed by atoms with Crippen molar-refractivity contribution in [3.63, 3.8) is 0 Å². The van der Waals surface area contributed by atoms with Crippen LogP contribution in [0.2, 0.25) is 0 Å². The molecule has 1 aromatic carbocycles. The van der Waals surface area contributed by atoms with E-state index < -0.39 is 12.1 Å². The number of aromatic nitrogens is 3. The van der Waals surface area contributed by atoms with Crippen molar-refractivity contribution >= 4 is 33.9 Å². The number of carboxylic acid groups (broad SMARTS) is 1. The fourth-order valence-corrected chi connectivity index (χ4v) is 4.11. The molecule has 0 aliphatic carbocycles. The van der Waals surface area contributed by atoms with Crippen molar-refractivity contribution in [1.82, 2.24) is 14.4 Å². The van der Waals surface area contributed by atoms with Crippen molar-refractivity contribution < 1.29 is 37.9 Å². The molecule has 0 radical (unpaired) electrons. The SMILES string of the molecule is O=C(Nc1cccc2cnccc12)c1nc(C[NH+]2CCC(O)C2)c2ccccn12.O=C([O-])C(F)(F)F. The molecule has 1 amide bonds. The van der Waals surface area contributed by atoms with Gasteiger partial charge in [-0.3, -0.25) is 14.2 Å². The summed E-state index contributed by atoms with van der Waals surface area (Å²) < 4.78 is 33.4. The average Bonchev–Trinajstić information content (AvgIpc) is 3.43. The molecule has 4 heterocycles. The first-order chi connectivity index (χ1) is 17.1. The van der Waals surface area contributed by atoms with E-state index in [1.807, 2.05) is 53.1 Å². The quantitative estimate of drug-likeness (QED) is 0.376. The smallest absolute Gasteiger partial charge is 0.430 e. The molecule has 4 aromatic rings. The van der Waals surface area contributed by atoms with Crippen LogP contribution in [0, 0.1) is 0 Å². The lowest BCUT2D eigenvalue weighted by Crippen LogP contribution is -3.09. The van der Waals surface area contributed by atoms with E-state index in [-0.39, 0.29) is 12.0 Å². The molecule has 0 spiro atoms. The molecule has 0 bridgehead atoms. The summed E-state index contributed by atoms with van der Waals surface area (Å²) in [6.07, 6.45) is 0.726. The topological polar surface area (TPSA) is 124 Å². The monoisotopic (exact) mass is 501 g/mol. The van der Waals surface area contributed by atoms with E-state index in [2.05, 4.69) is 10.3 Å². The third-order valence-electron chi connectivity index (χ3n) is 5.76. The Bertz CT molecular complexity index is 1400. The molecule has 1 aliphatic heterocycles. The van der Waals surface area contributed by atoms with Crippen molar-refractivity contribution in [2.75, 3.05) is 18.4 Å². The molecule has 12 heteroatoms. The second-order valence-corrected chi connectivity index (χ2v) is 8.30. The maximum Gasteiger partial charge on any atom is 0.430 e. The first-order valence-electron chi connectivity index (χ1n) is 11.0. The van der Waals surface area contributed by atoms with Gasteiger partial charge in [0.05, 0.1) is 12.1 Å². The Morgan fingerprint density at radius 2 is 1.97 bits per heavy atom. The van der Waals surface area contributed by atoms with Gasteiger partial charge in [-0.25, -0.2) is 4.98 Å². The number of likely N-dealkylation sites (tertiary alicyclic amines) is 1. The summed E-state index contributed by atoms with van der Waals surface area (Å²) in [6.45, 7) is 2.33. The number of aliphatic hydroxyl groups is 1. The van der Waals surface area contributed by atoms with E-state index >= 15 is 0 Å². The van der Waals surface area contributed by atoms with Gasteiger partial charge in [-0.2, -0.15) is 13.2 Å². The van der Waals surface area contributed by atoms with Crippen LogP contribution in [0.3, 0.4) is 0 Å². The first-order valence-corrected chi connectivity index (χ1v) is 11.0. The van der Waals surface area contributed by atoms with E-state index in [9.17, 15) is 23.1 Å². The average molecular weight is 501 g/mol. The third-order valence-corrected chi connectivity index (χ3v) is 5.76. The number of hydrogen-bond acceptors (Lipinski definition) is 6. The van der Waals surface area contributed by atoms with Gasteiger partial charge >= 0.3 is 6.18 Å². The fraction of sp³-hybridized carbons (Fsp3) is 0.250. The summed E-state index contributed by atoms with van der Waals surface area (Å²) in [5.41, 5.74) is 2.54. The molecule has 5 rings (SSSR count). The minimum atomic E-state index is -5.19. The number of rotatable bonds is 4. The zero-order chi connectivity index (χ0) is 25.9. The molecule has 1 fully saturated rings. The van der Waals surface area contributed by atoms with Crippen LogP contribution in [0.5, 0.6) is 0 Å². The van der Waals surface area contributed by atoms with Crippen LogP contribution in [0.1, 0.15) is 22.7 Å². The highest BCUT2D eigenvalue weighted by Gasteiger charge is 2.29. The van der Waals surface area contributed by atoms with Crippen LogP contribution >= 0.6 is 0 Å². The number of anilines is 1. The number of carbonyl (C=O) groups excluding carboxylic acids is 2. The lowest BCUT2D eigenvalue weighted by Gasteiger charge is -2.10. The van der Waals surface area contributed by atoms with Gasteiger partial charge in [-0.1, -0.05) is 18.2 Å². The zero-order valence-electron chi connectivity index (χ0n) is 18.8. The number of aliphatic carboxylic acids is 1. The molecule has 2 unspecified atom stereocenters. The Morgan fingerprint density at radius 3 is 2.67 bits per heavy atom. The molecule has 2 atom stereocenters. The normalized spacial score (nSPS) is 17.6. The molecular weight excluding hydrogens is 479 g/mol. The van der Waals surface area contributed by atoms with Gasteiger partial charge in [0.1, 0.15) is 30.9 Å². The maximum atomic E-state index is 13.1. The molecule has 188 valence electrons. The summed E-state index contributed by atoms with van der Waals surface area (Å²) in [5, 5.41) is 23.5. The predicted octanol–water partition coefficient (Wildman–Crippen LogP) is 0.583. The highest BCUT2D eigenvalue weighted by atomic mass is 19.4. The van der Waals surface area contributed by atoms with Gasteiger partial charge in [-0.05, 0) is 24.3 Å². The van der Waals surface area contributed by atoms with Crippen LogP contribution in [0.25, 0.3) is 16.3 Å². The number of imidazole rings is 1. The highest BCUT2D eigenvalue weighted by molar-refractivity contribution is 6.07. The number of carbonyl (C=O) groups is 2. The lowest BCUT2D eigenvalue weighted by molar-refractivity contribution is -0.902. The van der Waals surface area contributed by atoms with Crippen molar-refractivity contribution in [3.8, 4) is 0 Å². The van der Waals surface area contributed by atoms with Crippen molar-refractivity contribution in [1.29, 1.82) is 0 Å². The molecule has 36 heavy (non-hydrogen) atoms. The van der Waals surface area contributed by atoms with Crippen molar-refractivity contribution in [2.45, 2.75) is 25.2 Å². The summed E-state index contributed by atoms with van der Waals surface area (Å²) >= 11 is 0. The standard InChI is InChI=1S/C22H21N5O2.C2HF3O2/c28-16-8-11-26(13-16)14-19-20-6-1-2-10-27(20)21(24-19)22(29)25-18-5-3-4-15-12-23-9-7-17(15)18;3-2(4,5)1(6)7/h1-7,9-10,12,16,28H,8,11,13-14H2,(H,25,29);(H,6,7). The van der Waals surface area contributed by atoms with Crippen LogP contribution in [0.15, 0.2) is 61.1 Å². The van der Waals surface area contributed by atoms with Gasteiger partial charge in [0.2, 0.25) is 5.82 Å². The molecule has 1 aliphatic rings. The fourth-order valence-electron chi connectivity index (χ4n) is 4.11. The Balaban J connectivity index is 0.000000384. The maximum absolute atomic E-state index is 13.1. The van der Waals surface area contributed by atoms with Gasteiger partial charge in [-0.15, -0.1) is 0 Å². The number of aliphatic hydroxyl groups excluding tert-OH is 1. The number of pyridine rings is 2. The van der Waals surface area contributed by atoms with Gasteiger partial charge in [0.15, 0.2) is 0 Å². The number of benzene rings is 1. The Morgan fingerprint density at radius 1 is 1.19 bits per heavy atom. The van der Waals surface area contributed by atoms with Crippen molar-refractivity contribution in [3.05, 3.63) is 72.6 Å². The number of hydrogen-bond donors (Lipinski definition) is 3. The largest absolute Gasteiger partial charge is 0.542 e. The molecule has 1 saturated heterocycles. The lowest BCUT2D eigenvalue weighted by atomic mass is 10.1. The number of halogens is 3. The van der Waals surface area contributed by atoms with Crippen molar-refractivity contribution in [2.24, 2.45) is 0 Å². The number of fused-ring (bicyclic) bond motifs is 2. The molecule has 3 aromatic heterocycles. The van der Waals surface area contributed by atoms with Crippen LogP contribution < -0.4 is 15.3 Å². The van der Waals surface area contributed by atoms with Gasteiger partial charge < -0.3 is 25.2 Å². The van der Waals surface area contributed by atoms with E-state index in [1.165, 1.54) is 4.90 Å². The zero-order valence-corrected chi connectivity index (χ0v) is 18.8. The number of quaternary nitrogens is 1. The van der Waals surface area contributed by atoms with Crippen LogP contribution in [0.4, 0.5) is 18.9 Å². The predicted molar refractivity (Wildman–Crippen MR) is 121 cm³/mol. The van der Waals surface area contributed by atoms with E-state index in [0.717, 1.165) is 47.2 Å². The second-order valence-electron chi connectivity index (χ2n) is 8.30. The molecule has 0 saturated carbocycles. The molecule has 3 N–H and O–H groups in total. The van der Waals surface area contributed by atoms with Crippen LogP contribution in [-0.2, 0) is 11.3 Å². The van der Waals surface area contributed by atoms with E-state index in [4.69, 9.17) is 14.9 Å². The minimum Gasteiger partial charge on any atom is -0.542 e. The summed E-state index contributed by atoms with van der Waals surface area (Å²) in [4.78, 5) is 32.0. The summed E-state index contributed by atoms with van der Waals surface area (Å²) in [5.74, 6) is -2.90. The number of carboxylic acids is 1. The Kier molecular flexibility index (Phi) is 7.17.